The van der Waals surface area contributed by atoms with Crippen LogP contribution in [0, 0.1) is 0 Å². The quantitative estimate of drug-likeness (QED) is 0.352. The average molecular weight is 402 g/mol. The molecule has 6 nitrogen and oxygen atoms in total. The Labute approximate surface area is 176 Å². The molecule has 4 N–H and O–H groups in total. The van der Waals surface area contributed by atoms with E-state index < -0.39 is 0 Å². The molecule has 154 valence electrons. The Bertz CT molecular complexity index is 989. The number of para-hydroxylation sites is 2. The van der Waals surface area contributed by atoms with Gasteiger partial charge in [-0.2, -0.15) is 0 Å². The van der Waals surface area contributed by atoms with Crippen molar-refractivity contribution in [3.05, 3.63) is 73.1 Å². The zero-order valence-electron chi connectivity index (χ0n) is 16.8. The minimum absolute atomic E-state index is 0.0279. The van der Waals surface area contributed by atoms with Crippen molar-refractivity contribution < 1.29 is 9.59 Å². The van der Waals surface area contributed by atoms with Gasteiger partial charge in [-0.05, 0) is 48.7 Å². The summed E-state index contributed by atoms with van der Waals surface area (Å²) in [5.41, 5.74) is 9.78. The lowest BCUT2D eigenvalue weighted by molar-refractivity contribution is -0.116. The molecule has 3 aromatic rings. The van der Waals surface area contributed by atoms with Gasteiger partial charge in [0, 0.05) is 36.5 Å². The summed E-state index contributed by atoms with van der Waals surface area (Å²) in [6.07, 6.45) is 6.62. The van der Waals surface area contributed by atoms with Gasteiger partial charge in [-0.15, -0.1) is 0 Å². The van der Waals surface area contributed by atoms with Gasteiger partial charge in [0.15, 0.2) is 0 Å². The number of carbonyl (C=O) groups is 2. The Kier molecular flexibility index (Phi) is 7.55. The predicted octanol–water partition coefficient (Wildman–Crippen LogP) is 4.86. The molecule has 0 atom stereocenters. The van der Waals surface area contributed by atoms with E-state index in [0.717, 1.165) is 36.1 Å². The van der Waals surface area contributed by atoms with E-state index in [4.69, 9.17) is 5.73 Å². The molecule has 1 heterocycles. The zero-order chi connectivity index (χ0) is 21.2. The molecular formula is C24H26N4O2. The molecule has 0 spiro atoms. The number of unbranched alkanes of at least 4 members (excludes halogenated alkanes) is 2. The molecule has 0 unspecified atom stereocenters. The summed E-state index contributed by atoms with van der Waals surface area (Å²) >= 11 is 0. The molecule has 0 aliphatic rings. The lowest BCUT2D eigenvalue weighted by Gasteiger charge is -2.08. The molecule has 0 saturated heterocycles. The number of benzene rings is 2. The number of amides is 2. The number of rotatable bonds is 9. The van der Waals surface area contributed by atoms with E-state index in [1.165, 1.54) is 0 Å². The summed E-state index contributed by atoms with van der Waals surface area (Å²) in [6, 6.07) is 18.8. The monoisotopic (exact) mass is 402 g/mol. The first kappa shape index (κ1) is 21.0. The minimum Gasteiger partial charge on any atom is -0.397 e. The third-order valence-corrected chi connectivity index (χ3v) is 4.68. The second kappa shape index (κ2) is 10.8. The van der Waals surface area contributed by atoms with Gasteiger partial charge < -0.3 is 16.4 Å². The van der Waals surface area contributed by atoms with Crippen LogP contribution in [-0.4, -0.2) is 16.8 Å². The molecule has 0 fully saturated rings. The highest BCUT2D eigenvalue weighted by Crippen LogP contribution is 2.22. The predicted molar refractivity (Wildman–Crippen MR) is 121 cm³/mol. The normalized spacial score (nSPS) is 10.4. The van der Waals surface area contributed by atoms with Crippen LogP contribution >= 0.6 is 0 Å². The summed E-state index contributed by atoms with van der Waals surface area (Å²) in [7, 11) is 0. The Morgan fingerprint density at radius 2 is 1.53 bits per heavy atom. The first-order valence-corrected chi connectivity index (χ1v) is 10.1. The van der Waals surface area contributed by atoms with Crippen LogP contribution in [0.4, 0.5) is 17.1 Å². The molecule has 0 aliphatic carbocycles. The van der Waals surface area contributed by atoms with Crippen LogP contribution < -0.4 is 16.4 Å². The van der Waals surface area contributed by atoms with Crippen molar-refractivity contribution in [2.45, 2.75) is 32.1 Å². The SMILES string of the molecule is Nc1ccccc1NC(=O)CCCCCC(=O)Nc1cccc(-c2cccnc2)c1. The van der Waals surface area contributed by atoms with E-state index in [-0.39, 0.29) is 11.8 Å². The molecule has 2 amide bonds. The lowest BCUT2D eigenvalue weighted by Crippen LogP contribution is -2.13. The van der Waals surface area contributed by atoms with Gasteiger partial charge in [0.1, 0.15) is 0 Å². The number of nitrogens with one attached hydrogen (secondary N) is 2. The number of nitrogens with zero attached hydrogens (tertiary/aromatic N) is 1. The maximum atomic E-state index is 12.2. The van der Waals surface area contributed by atoms with Gasteiger partial charge in [-0.3, -0.25) is 14.6 Å². The third kappa shape index (κ3) is 6.44. The van der Waals surface area contributed by atoms with Gasteiger partial charge in [-0.25, -0.2) is 0 Å². The molecular weight excluding hydrogens is 376 g/mol. The van der Waals surface area contributed by atoms with Gasteiger partial charge in [0.05, 0.1) is 11.4 Å². The van der Waals surface area contributed by atoms with Crippen LogP contribution in [0.1, 0.15) is 32.1 Å². The van der Waals surface area contributed by atoms with Gasteiger partial charge in [0.2, 0.25) is 11.8 Å². The Morgan fingerprint density at radius 1 is 0.800 bits per heavy atom. The molecule has 30 heavy (non-hydrogen) atoms. The second-order valence-corrected chi connectivity index (χ2v) is 7.07. The number of nitrogens with two attached hydrogens (primary N) is 1. The number of aromatic nitrogens is 1. The first-order valence-electron chi connectivity index (χ1n) is 10.1. The number of carbonyl (C=O) groups excluding carboxylic acids is 2. The highest BCUT2D eigenvalue weighted by molar-refractivity contribution is 5.93. The Hall–Kier alpha value is -3.67. The van der Waals surface area contributed by atoms with Crippen LogP contribution in [0.2, 0.25) is 0 Å². The van der Waals surface area contributed by atoms with Crippen LogP contribution in [0.5, 0.6) is 0 Å². The number of hydrogen-bond acceptors (Lipinski definition) is 4. The molecule has 1 aromatic heterocycles. The van der Waals surface area contributed by atoms with Crippen molar-refractivity contribution in [3.63, 3.8) is 0 Å². The summed E-state index contributed by atoms with van der Waals surface area (Å²) < 4.78 is 0. The fourth-order valence-corrected chi connectivity index (χ4v) is 3.10. The van der Waals surface area contributed by atoms with E-state index in [1.807, 2.05) is 48.5 Å². The van der Waals surface area contributed by atoms with Crippen LogP contribution in [0.25, 0.3) is 11.1 Å². The van der Waals surface area contributed by atoms with Gasteiger partial charge in [-0.1, -0.05) is 36.8 Å². The van der Waals surface area contributed by atoms with Crippen LogP contribution in [0.3, 0.4) is 0 Å². The van der Waals surface area contributed by atoms with Crippen molar-refractivity contribution >= 4 is 28.9 Å². The molecule has 0 bridgehead atoms. The lowest BCUT2D eigenvalue weighted by atomic mass is 10.1. The third-order valence-electron chi connectivity index (χ3n) is 4.68. The maximum Gasteiger partial charge on any atom is 0.224 e. The van der Waals surface area contributed by atoms with E-state index >= 15 is 0 Å². The summed E-state index contributed by atoms with van der Waals surface area (Å²) in [5, 5.41) is 5.75. The van der Waals surface area contributed by atoms with Crippen molar-refractivity contribution in [2.75, 3.05) is 16.4 Å². The van der Waals surface area contributed by atoms with E-state index in [1.54, 1.807) is 24.5 Å². The van der Waals surface area contributed by atoms with Gasteiger partial charge >= 0.3 is 0 Å². The zero-order valence-corrected chi connectivity index (χ0v) is 16.8. The smallest absolute Gasteiger partial charge is 0.224 e. The highest BCUT2D eigenvalue weighted by Gasteiger charge is 2.07. The second-order valence-electron chi connectivity index (χ2n) is 7.07. The molecule has 6 heteroatoms. The van der Waals surface area contributed by atoms with Crippen LogP contribution in [-0.2, 0) is 9.59 Å². The maximum absolute atomic E-state index is 12.2. The molecule has 0 aliphatic heterocycles. The summed E-state index contributed by atoms with van der Waals surface area (Å²) in [4.78, 5) is 28.3. The standard InChI is InChI=1S/C24H26N4O2/c25-21-11-4-5-12-22(21)28-24(30)14-3-1-2-13-23(29)27-20-10-6-8-18(16-20)19-9-7-15-26-17-19/h4-12,15-17H,1-3,13-14,25H2,(H,27,29)(H,28,30). The largest absolute Gasteiger partial charge is 0.397 e. The molecule has 2 aromatic carbocycles. The van der Waals surface area contributed by atoms with E-state index in [2.05, 4.69) is 15.6 Å². The van der Waals surface area contributed by atoms with Crippen molar-refractivity contribution in [1.29, 1.82) is 0 Å². The Balaban J connectivity index is 1.36. The topological polar surface area (TPSA) is 97.1 Å². The minimum atomic E-state index is -0.0652. The first-order chi connectivity index (χ1) is 14.6. The average Bonchev–Trinajstić information content (AvgIpc) is 2.76. The number of hydrogen-bond donors (Lipinski definition) is 3. The molecule has 0 radical (unpaired) electrons. The number of nitrogen functional groups attached to an aromatic ring is 1. The van der Waals surface area contributed by atoms with Gasteiger partial charge in [0.25, 0.3) is 0 Å². The van der Waals surface area contributed by atoms with E-state index in [9.17, 15) is 9.59 Å². The molecule has 3 rings (SSSR count). The molecule has 0 saturated carbocycles. The summed E-state index contributed by atoms with van der Waals surface area (Å²) in [5.74, 6) is -0.0931. The fourth-order valence-electron chi connectivity index (χ4n) is 3.10. The van der Waals surface area contributed by atoms with Crippen molar-refractivity contribution in [1.82, 2.24) is 4.98 Å². The summed E-state index contributed by atoms with van der Waals surface area (Å²) in [6.45, 7) is 0. The number of anilines is 3. The highest BCUT2D eigenvalue weighted by atomic mass is 16.2. The fraction of sp³-hybridized carbons (Fsp3) is 0.208. The van der Waals surface area contributed by atoms with Crippen molar-refractivity contribution in [3.8, 4) is 11.1 Å². The van der Waals surface area contributed by atoms with Crippen LogP contribution in [0.15, 0.2) is 73.1 Å². The Morgan fingerprint density at radius 3 is 2.27 bits per heavy atom. The number of pyridine rings is 1. The van der Waals surface area contributed by atoms with Crippen molar-refractivity contribution in [2.24, 2.45) is 0 Å². The van der Waals surface area contributed by atoms with E-state index in [0.29, 0.717) is 24.2 Å².